The highest BCUT2D eigenvalue weighted by Crippen LogP contribution is 2.20. The lowest BCUT2D eigenvalue weighted by Gasteiger charge is -2.28. The maximum absolute atomic E-state index is 4.47. The van der Waals surface area contributed by atoms with Crippen LogP contribution in [0.5, 0.6) is 0 Å². The van der Waals surface area contributed by atoms with Crippen LogP contribution in [-0.4, -0.2) is 55.4 Å². The fraction of sp³-hybridized carbons (Fsp3) is 0.692. The first-order chi connectivity index (χ1) is 8.86. The average Bonchev–Trinajstić information content (AvgIpc) is 2.34. The predicted octanol–water partition coefficient (Wildman–Crippen LogP) is 2.24. The number of aromatic nitrogens is 2. The molecule has 0 saturated carbocycles. The van der Waals surface area contributed by atoms with E-state index in [9.17, 15) is 0 Å². The largest absolute Gasteiger partial charge is 0.373 e. The van der Waals surface area contributed by atoms with E-state index in [-0.39, 0.29) is 5.41 Å². The molecule has 0 amide bonds. The molecule has 0 radical (unpaired) electrons. The predicted molar refractivity (Wildman–Crippen MR) is 84.2 cm³/mol. The van der Waals surface area contributed by atoms with Crippen LogP contribution in [-0.2, 0) is 0 Å². The monoisotopic (exact) mass is 283 g/mol. The Labute approximate surface area is 120 Å². The van der Waals surface area contributed by atoms with E-state index in [4.69, 9.17) is 0 Å². The van der Waals surface area contributed by atoms with Gasteiger partial charge in [-0.3, -0.25) is 0 Å². The first kappa shape index (κ1) is 16.0. The lowest BCUT2D eigenvalue weighted by atomic mass is 9.93. The van der Waals surface area contributed by atoms with Crippen molar-refractivity contribution in [3.05, 3.63) is 6.07 Å². The number of hydrogen-bond acceptors (Lipinski definition) is 6. The highest BCUT2D eigenvalue weighted by atomic mass is 32.2. The fourth-order valence-electron chi connectivity index (χ4n) is 1.98. The van der Waals surface area contributed by atoms with Crippen molar-refractivity contribution in [3.8, 4) is 0 Å². The van der Waals surface area contributed by atoms with Gasteiger partial charge < -0.3 is 15.5 Å². The first-order valence-electron chi connectivity index (χ1n) is 6.36. The SMILES string of the molecule is CNc1cc(NCC(C)(C)CN(C)C)nc(SC)n1. The summed E-state index contributed by atoms with van der Waals surface area (Å²) in [6.07, 6.45) is 1.98. The summed E-state index contributed by atoms with van der Waals surface area (Å²) in [5.41, 5.74) is 0.188. The normalized spacial score (nSPS) is 11.7. The van der Waals surface area contributed by atoms with Crippen LogP contribution in [0.1, 0.15) is 13.8 Å². The zero-order valence-electron chi connectivity index (χ0n) is 12.7. The van der Waals surface area contributed by atoms with E-state index in [0.29, 0.717) is 0 Å². The smallest absolute Gasteiger partial charge is 0.191 e. The highest BCUT2D eigenvalue weighted by molar-refractivity contribution is 7.98. The van der Waals surface area contributed by atoms with Gasteiger partial charge in [0.05, 0.1) is 0 Å². The highest BCUT2D eigenvalue weighted by Gasteiger charge is 2.19. The Balaban J connectivity index is 2.71. The molecule has 0 bridgehead atoms. The molecule has 1 heterocycles. The molecule has 19 heavy (non-hydrogen) atoms. The Bertz CT molecular complexity index is 384. The number of rotatable bonds is 7. The number of thioether (sulfide) groups is 1. The summed E-state index contributed by atoms with van der Waals surface area (Å²) in [4.78, 5) is 11.0. The summed E-state index contributed by atoms with van der Waals surface area (Å²) in [5, 5.41) is 7.24. The van der Waals surface area contributed by atoms with Crippen molar-refractivity contribution >= 4 is 23.4 Å². The minimum absolute atomic E-state index is 0.188. The summed E-state index contributed by atoms with van der Waals surface area (Å²) in [5.74, 6) is 1.71. The van der Waals surface area contributed by atoms with Gasteiger partial charge in [-0.15, -0.1) is 0 Å². The molecule has 5 nitrogen and oxygen atoms in total. The van der Waals surface area contributed by atoms with Crippen molar-refractivity contribution in [3.63, 3.8) is 0 Å². The van der Waals surface area contributed by atoms with Gasteiger partial charge in [0.2, 0.25) is 0 Å². The molecule has 0 aliphatic carbocycles. The Morgan fingerprint density at radius 2 is 1.89 bits per heavy atom. The van der Waals surface area contributed by atoms with Gasteiger partial charge in [-0.05, 0) is 25.8 Å². The Kier molecular flexibility index (Phi) is 5.87. The maximum Gasteiger partial charge on any atom is 0.191 e. The van der Waals surface area contributed by atoms with E-state index in [2.05, 4.69) is 53.4 Å². The standard InChI is InChI=1S/C13H25N5S/c1-13(2,9-18(4)5)8-15-11-7-10(14-3)16-12(17-11)19-6/h7H,8-9H2,1-6H3,(H2,14,15,16,17). The second kappa shape index (κ2) is 6.96. The van der Waals surface area contributed by atoms with E-state index in [1.54, 1.807) is 11.8 Å². The van der Waals surface area contributed by atoms with Crippen LogP contribution in [0.3, 0.4) is 0 Å². The molecule has 0 fully saturated rings. The van der Waals surface area contributed by atoms with Crippen molar-refractivity contribution in [1.29, 1.82) is 0 Å². The Hall–Kier alpha value is -1.01. The molecule has 0 spiro atoms. The molecule has 6 heteroatoms. The molecule has 1 rings (SSSR count). The summed E-state index contributed by atoms with van der Waals surface area (Å²) in [7, 11) is 6.06. The van der Waals surface area contributed by atoms with Crippen molar-refractivity contribution in [2.45, 2.75) is 19.0 Å². The minimum Gasteiger partial charge on any atom is -0.373 e. The van der Waals surface area contributed by atoms with Crippen LogP contribution >= 0.6 is 11.8 Å². The van der Waals surface area contributed by atoms with Gasteiger partial charge in [-0.1, -0.05) is 25.6 Å². The fourth-order valence-corrected chi connectivity index (χ4v) is 2.36. The zero-order valence-corrected chi connectivity index (χ0v) is 13.6. The molecule has 1 aromatic rings. The molecule has 0 aliphatic heterocycles. The van der Waals surface area contributed by atoms with E-state index in [1.165, 1.54) is 0 Å². The van der Waals surface area contributed by atoms with Gasteiger partial charge in [0.15, 0.2) is 5.16 Å². The average molecular weight is 283 g/mol. The van der Waals surface area contributed by atoms with Crippen molar-refractivity contribution < 1.29 is 0 Å². The third kappa shape index (κ3) is 5.65. The van der Waals surface area contributed by atoms with E-state index in [0.717, 1.165) is 29.9 Å². The van der Waals surface area contributed by atoms with E-state index >= 15 is 0 Å². The number of hydrogen-bond donors (Lipinski definition) is 2. The number of nitrogens with one attached hydrogen (secondary N) is 2. The molecule has 2 N–H and O–H groups in total. The van der Waals surface area contributed by atoms with Gasteiger partial charge in [-0.25, -0.2) is 9.97 Å². The molecule has 0 saturated heterocycles. The first-order valence-corrected chi connectivity index (χ1v) is 7.58. The van der Waals surface area contributed by atoms with Gasteiger partial charge in [0.1, 0.15) is 11.6 Å². The molecular formula is C13H25N5S. The lowest BCUT2D eigenvalue weighted by molar-refractivity contribution is 0.254. The topological polar surface area (TPSA) is 53.1 Å². The lowest BCUT2D eigenvalue weighted by Crippen LogP contribution is -2.34. The molecular weight excluding hydrogens is 258 g/mol. The van der Waals surface area contributed by atoms with E-state index < -0.39 is 0 Å². The molecule has 108 valence electrons. The van der Waals surface area contributed by atoms with Gasteiger partial charge in [0.25, 0.3) is 0 Å². The van der Waals surface area contributed by atoms with Gasteiger partial charge in [-0.2, -0.15) is 0 Å². The van der Waals surface area contributed by atoms with Crippen LogP contribution in [0.15, 0.2) is 11.2 Å². The molecule has 0 atom stereocenters. The van der Waals surface area contributed by atoms with Crippen LogP contribution in [0.2, 0.25) is 0 Å². The summed E-state index contributed by atoms with van der Waals surface area (Å²) in [6.45, 7) is 6.39. The van der Waals surface area contributed by atoms with Crippen LogP contribution in [0.4, 0.5) is 11.6 Å². The van der Waals surface area contributed by atoms with Crippen LogP contribution in [0.25, 0.3) is 0 Å². The summed E-state index contributed by atoms with van der Waals surface area (Å²) in [6, 6.07) is 1.94. The summed E-state index contributed by atoms with van der Waals surface area (Å²) < 4.78 is 0. The van der Waals surface area contributed by atoms with Crippen molar-refractivity contribution in [2.24, 2.45) is 5.41 Å². The van der Waals surface area contributed by atoms with Crippen LogP contribution in [0, 0.1) is 5.41 Å². The maximum atomic E-state index is 4.47. The molecule has 0 unspecified atom stereocenters. The Morgan fingerprint density at radius 3 is 2.42 bits per heavy atom. The number of anilines is 2. The third-order valence-corrected chi connectivity index (χ3v) is 3.18. The summed E-state index contributed by atoms with van der Waals surface area (Å²) >= 11 is 1.55. The van der Waals surface area contributed by atoms with Gasteiger partial charge in [0, 0.05) is 26.2 Å². The van der Waals surface area contributed by atoms with E-state index in [1.807, 2.05) is 19.4 Å². The number of nitrogens with zero attached hydrogens (tertiary/aromatic N) is 3. The Morgan fingerprint density at radius 1 is 1.26 bits per heavy atom. The second-order valence-corrected chi connectivity index (χ2v) is 6.40. The third-order valence-electron chi connectivity index (χ3n) is 2.64. The van der Waals surface area contributed by atoms with Crippen LogP contribution < -0.4 is 10.6 Å². The zero-order chi connectivity index (χ0) is 14.5. The quantitative estimate of drug-likeness (QED) is 0.591. The molecule has 0 aromatic carbocycles. The minimum atomic E-state index is 0.188. The van der Waals surface area contributed by atoms with Gasteiger partial charge >= 0.3 is 0 Å². The molecule has 0 aliphatic rings. The van der Waals surface area contributed by atoms with Crippen molar-refractivity contribution in [2.75, 3.05) is 51.1 Å². The molecule has 1 aromatic heterocycles. The van der Waals surface area contributed by atoms with Crippen molar-refractivity contribution in [1.82, 2.24) is 14.9 Å². The second-order valence-electron chi connectivity index (χ2n) is 5.63.